The number of rotatable bonds is 5. The summed E-state index contributed by atoms with van der Waals surface area (Å²) >= 11 is 0. The number of nitro benzene ring substituents is 1. The van der Waals surface area contributed by atoms with Crippen molar-refractivity contribution >= 4 is 17.1 Å². The number of hydrogen-bond donors (Lipinski definition) is 2. The first-order valence-corrected chi connectivity index (χ1v) is 6.38. The summed E-state index contributed by atoms with van der Waals surface area (Å²) < 4.78 is 0. The molecule has 2 fully saturated rings. The highest BCUT2D eigenvalue weighted by Crippen LogP contribution is 2.61. The number of hydrogen-bond acceptors (Lipinski definition) is 4. The second kappa shape index (κ2) is 3.86. The maximum atomic E-state index is 10.8. The molecule has 2 saturated carbocycles. The summed E-state index contributed by atoms with van der Waals surface area (Å²) in [6.07, 6.45) is 5.27. The van der Waals surface area contributed by atoms with E-state index in [4.69, 9.17) is 5.73 Å². The van der Waals surface area contributed by atoms with Gasteiger partial charge in [0.25, 0.3) is 5.69 Å². The highest BCUT2D eigenvalue weighted by Gasteiger charge is 2.53. The Morgan fingerprint density at radius 1 is 1.39 bits per heavy atom. The Balaban J connectivity index is 1.70. The SMILES string of the molecule is Nc1cc(NCC2(C3CC3)CC2)cc([N+](=O)[O-])c1. The number of anilines is 2. The third-order valence-corrected chi connectivity index (χ3v) is 4.13. The van der Waals surface area contributed by atoms with E-state index >= 15 is 0 Å². The van der Waals surface area contributed by atoms with Crippen molar-refractivity contribution in [3.05, 3.63) is 28.3 Å². The van der Waals surface area contributed by atoms with Crippen molar-refractivity contribution in [1.29, 1.82) is 0 Å². The molecule has 18 heavy (non-hydrogen) atoms. The van der Waals surface area contributed by atoms with E-state index in [1.807, 2.05) is 0 Å². The van der Waals surface area contributed by atoms with Crippen LogP contribution in [0.4, 0.5) is 17.1 Å². The molecule has 2 aliphatic carbocycles. The van der Waals surface area contributed by atoms with E-state index in [-0.39, 0.29) is 5.69 Å². The summed E-state index contributed by atoms with van der Waals surface area (Å²) in [7, 11) is 0. The maximum Gasteiger partial charge on any atom is 0.273 e. The Morgan fingerprint density at radius 3 is 2.67 bits per heavy atom. The van der Waals surface area contributed by atoms with Gasteiger partial charge in [0.05, 0.1) is 4.92 Å². The van der Waals surface area contributed by atoms with E-state index in [0.717, 1.165) is 18.2 Å². The van der Waals surface area contributed by atoms with Gasteiger partial charge in [0.15, 0.2) is 0 Å². The second-order valence-electron chi connectivity index (χ2n) is 5.56. The van der Waals surface area contributed by atoms with Crippen LogP contribution in [0, 0.1) is 21.4 Å². The highest BCUT2D eigenvalue weighted by molar-refractivity contribution is 5.61. The quantitative estimate of drug-likeness (QED) is 0.476. The van der Waals surface area contributed by atoms with Crippen LogP contribution in [-0.4, -0.2) is 11.5 Å². The molecule has 1 aromatic carbocycles. The fraction of sp³-hybridized carbons (Fsp3) is 0.538. The molecular formula is C13H17N3O2. The van der Waals surface area contributed by atoms with Gasteiger partial charge in [0.2, 0.25) is 0 Å². The van der Waals surface area contributed by atoms with Crippen molar-refractivity contribution in [2.24, 2.45) is 11.3 Å². The van der Waals surface area contributed by atoms with E-state index in [2.05, 4.69) is 5.32 Å². The van der Waals surface area contributed by atoms with E-state index in [1.54, 1.807) is 12.1 Å². The minimum atomic E-state index is -0.407. The van der Waals surface area contributed by atoms with Crippen LogP contribution in [0.1, 0.15) is 25.7 Å². The van der Waals surface area contributed by atoms with Crippen LogP contribution in [0.2, 0.25) is 0 Å². The molecule has 1 aromatic rings. The largest absolute Gasteiger partial charge is 0.398 e. The molecule has 5 nitrogen and oxygen atoms in total. The zero-order valence-corrected chi connectivity index (χ0v) is 10.2. The zero-order chi connectivity index (χ0) is 12.8. The van der Waals surface area contributed by atoms with Crippen LogP contribution in [0.5, 0.6) is 0 Å². The van der Waals surface area contributed by atoms with Crippen LogP contribution in [0.15, 0.2) is 18.2 Å². The Kier molecular flexibility index (Phi) is 2.43. The summed E-state index contributed by atoms with van der Waals surface area (Å²) in [5.41, 5.74) is 7.39. The highest BCUT2D eigenvalue weighted by atomic mass is 16.6. The topological polar surface area (TPSA) is 81.2 Å². The van der Waals surface area contributed by atoms with Crippen molar-refractivity contribution < 1.29 is 4.92 Å². The van der Waals surface area contributed by atoms with E-state index < -0.39 is 4.92 Å². The molecule has 0 amide bonds. The molecule has 3 rings (SSSR count). The number of nitrogens with zero attached hydrogens (tertiary/aromatic N) is 1. The summed E-state index contributed by atoms with van der Waals surface area (Å²) in [6.45, 7) is 0.915. The van der Waals surface area contributed by atoms with Gasteiger partial charge in [-0.05, 0) is 43.1 Å². The van der Waals surface area contributed by atoms with Gasteiger partial charge >= 0.3 is 0 Å². The first-order valence-electron chi connectivity index (χ1n) is 6.38. The lowest BCUT2D eigenvalue weighted by Gasteiger charge is -2.16. The van der Waals surface area contributed by atoms with E-state index in [9.17, 15) is 10.1 Å². The molecule has 0 aliphatic heterocycles. The third kappa shape index (κ3) is 2.12. The minimum Gasteiger partial charge on any atom is -0.398 e. The first kappa shape index (κ1) is 11.3. The van der Waals surface area contributed by atoms with Gasteiger partial charge in [-0.1, -0.05) is 0 Å². The molecule has 0 spiro atoms. The molecule has 0 saturated heterocycles. The number of nitrogens with two attached hydrogens (primary N) is 1. The van der Waals surface area contributed by atoms with Gasteiger partial charge in [-0.25, -0.2) is 0 Å². The minimum absolute atomic E-state index is 0.0498. The predicted molar refractivity (Wildman–Crippen MR) is 70.4 cm³/mol. The van der Waals surface area contributed by atoms with Crippen LogP contribution in [-0.2, 0) is 0 Å². The molecule has 0 bridgehead atoms. The monoisotopic (exact) mass is 247 g/mol. The number of non-ortho nitro benzene ring substituents is 1. The molecule has 5 heteroatoms. The molecule has 96 valence electrons. The van der Waals surface area contributed by atoms with Gasteiger partial charge < -0.3 is 11.1 Å². The second-order valence-corrected chi connectivity index (χ2v) is 5.56. The molecule has 2 aliphatic rings. The summed E-state index contributed by atoms with van der Waals surface area (Å²) in [5.74, 6) is 0.876. The van der Waals surface area contributed by atoms with Gasteiger partial charge in [0.1, 0.15) is 0 Å². The fourth-order valence-electron chi connectivity index (χ4n) is 2.71. The molecular weight excluding hydrogens is 230 g/mol. The lowest BCUT2D eigenvalue weighted by Crippen LogP contribution is -2.17. The number of nitrogen functional groups attached to an aromatic ring is 1. The van der Waals surface area contributed by atoms with Crippen molar-refractivity contribution in [2.45, 2.75) is 25.7 Å². The maximum absolute atomic E-state index is 10.8. The van der Waals surface area contributed by atoms with Gasteiger partial charge in [-0.3, -0.25) is 10.1 Å². The van der Waals surface area contributed by atoms with Crippen molar-refractivity contribution in [1.82, 2.24) is 0 Å². The third-order valence-electron chi connectivity index (χ3n) is 4.13. The average molecular weight is 247 g/mol. The predicted octanol–water partition coefficient (Wildman–Crippen LogP) is 2.78. The lowest BCUT2D eigenvalue weighted by atomic mass is 10.0. The zero-order valence-electron chi connectivity index (χ0n) is 10.2. The average Bonchev–Trinajstić information content (AvgIpc) is 3.17. The molecule has 0 unspecified atom stereocenters. The van der Waals surface area contributed by atoms with Gasteiger partial charge in [0, 0.05) is 30.1 Å². The molecule has 3 N–H and O–H groups in total. The lowest BCUT2D eigenvalue weighted by molar-refractivity contribution is -0.384. The summed E-state index contributed by atoms with van der Waals surface area (Å²) in [6, 6.07) is 4.70. The van der Waals surface area contributed by atoms with E-state index in [0.29, 0.717) is 11.1 Å². The Hall–Kier alpha value is -1.78. The Bertz CT molecular complexity index is 493. The van der Waals surface area contributed by atoms with E-state index in [1.165, 1.54) is 31.7 Å². The Labute approximate surface area is 106 Å². The van der Waals surface area contributed by atoms with Crippen LogP contribution in [0.25, 0.3) is 0 Å². The van der Waals surface area contributed by atoms with Crippen LogP contribution < -0.4 is 11.1 Å². The van der Waals surface area contributed by atoms with Gasteiger partial charge in [-0.15, -0.1) is 0 Å². The van der Waals surface area contributed by atoms with Crippen molar-refractivity contribution in [2.75, 3.05) is 17.6 Å². The molecule has 0 aromatic heterocycles. The number of nitrogens with one attached hydrogen (secondary N) is 1. The fourth-order valence-corrected chi connectivity index (χ4v) is 2.71. The first-order chi connectivity index (χ1) is 8.59. The van der Waals surface area contributed by atoms with Crippen molar-refractivity contribution in [3.8, 4) is 0 Å². The van der Waals surface area contributed by atoms with Gasteiger partial charge in [-0.2, -0.15) is 0 Å². The summed E-state index contributed by atoms with van der Waals surface area (Å²) in [4.78, 5) is 10.4. The van der Waals surface area contributed by atoms with Crippen LogP contribution in [0.3, 0.4) is 0 Å². The van der Waals surface area contributed by atoms with Crippen LogP contribution >= 0.6 is 0 Å². The molecule has 0 radical (unpaired) electrons. The standard InChI is InChI=1S/C13H17N3O2/c14-10-5-11(7-12(6-10)16(17)18)15-8-13(3-4-13)9-1-2-9/h5-7,9,15H,1-4,8,14H2. The Morgan fingerprint density at radius 2 is 2.11 bits per heavy atom. The smallest absolute Gasteiger partial charge is 0.273 e. The summed E-state index contributed by atoms with van der Waals surface area (Å²) in [5, 5.41) is 14.1. The number of benzene rings is 1. The molecule has 0 atom stereocenters. The number of nitro groups is 1. The normalized spacial score (nSPS) is 20.4. The van der Waals surface area contributed by atoms with Crippen molar-refractivity contribution in [3.63, 3.8) is 0 Å². The molecule has 0 heterocycles.